The van der Waals surface area contributed by atoms with Gasteiger partial charge in [0.1, 0.15) is 0 Å². The summed E-state index contributed by atoms with van der Waals surface area (Å²) in [5, 5.41) is 5.17. The topological polar surface area (TPSA) is 37.8 Å². The summed E-state index contributed by atoms with van der Waals surface area (Å²) >= 11 is 5.10. The van der Waals surface area contributed by atoms with Gasteiger partial charge >= 0.3 is 0 Å². The second-order valence-electron chi connectivity index (χ2n) is 5.43. The molecule has 2 heterocycles. The van der Waals surface area contributed by atoms with Crippen LogP contribution in [0.2, 0.25) is 0 Å². The molecular formula is C17H15N3S3. The molecule has 3 nitrogen and oxygen atoms in total. The van der Waals surface area contributed by atoms with Crippen LogP contribution in [0.25, 0.3) is 20.4 Å². The van der Waals surface area contributed by atoms with Crippen molar-refractivity contribution in [3.8, 4) is 0 Å². The zero-order valence-corrected chi connectivity index (χ0v) is 15.5. The normalized spacial score (nSPS) is 11.4. The molecule has 0 saturated heterocycles. The largest absolute Gasteiger partial charge is 0.307 e. The van der Waals surface area contributed by atoms with Gasteiger partial charge < -0.3 is 5.32 Å². The standard InChI is InChI=1S/C17H15N3S3/c1-9-6-10(2)15-14(7-9)23-17(19-15)20-16-18-12-5-4-11(21-3)8-13(12)22-16/h4-8H,1-3H3,(H,18,19,20). The second kappa shape index (κ2) is 5.78. The van der Waals surface area contributed by atoms with Crippen LogP contribution in [0.5, 0.6) is 0 Å². The van der Waals surface area contributed by atoms with E-state index in [1.54, 1.807) is 34.4 Å². The molecule has 0 aliphatic heterocycles. The van der Waals surface area contributed by atoms with Crippen LogP contribution in [-0.4, -0.2) is 16.2 Å². The molecule has 0 aliphatic carbocycles. The summed E-state index contributed by atoms with van der Waals surface area (Å²) in [6, 6.07) is 10.7. The Hall–Kier alpha value is -1.63. The molecule has 4 rings (SSSR count). The van der Waals surface area contributed by atoms with E-state index in [0.717, 1.165) is 21.3 Å². The lowest BCUT2D eigenvalue weighted by molar-refractivity contribution is 1.36. The molecule has 0 fully saturated rings. The Morgan fingerprint density at radius 1 is 0.957 bits per heavy atom. The average Bonchev–Trinajstić information content (AvgIpc) is 3.09. The van der Waals surface area contributed by atoms with Crippen LogP contribution in [0.4, 0.5) is 10.3 Å². The van der Waals surface area contributed by atoms with Crippen molar-refractivity contribution in [3.63, 3.8) is 0 Å². The van der Waals surface area contributed by atoms with Crippen molar-refractivity contribution in [2.75, 3.05) is 11.6 Å². The highest BCUT2D eigenvalue weighted by molar-refractivity contribution is 7.98. The lowest BCUT2D eigenvalue weighted by Crippen LogP contribution is -1.87. The number of hydrogen-bond donors (Lipinski definition) is 1. The van der Waals surface area contributed by atoms with Crippen molar-refractivity contribution in [2.24, 2.45) is 0 Å². The zero-order valence-electron chi connectivity index (χ0n) is 13.0. The Balaban J connectivity index is 1.71. The highest BCUT2D eigenvalue weighted by atomic mass is 32.2. The van der Waals surface area contributed by atoms with Crippen molar-refractivity contribution < 1.29 is 0 Å². The van der Waals surface area contributed by atoms with E-state index in [0.29, 0.717) is 0 Å². The summed E-state index contributed by atoms with van der Waals surface area (Å²) in [5.41, 5.74) is 4.60. The lowest BCUT2D eigenvalue weighted by atomic mass is 10.1. The first-order chi connectivity index (χ1) is 11.1. The Morgan fingerprint density at radius 2 is 1.74 bits per heavy atom. The van der Waals surface area contributed by atoms with Gasteiger partial charge in [-0.1, -0.05) is 28.7 Å². The van der Waals surface area contributed by atoms with Gasteiger partial charge in [0.05, 0.1) is 20.4 Å². The highest BCUT2D eigenvalue weighted by Gasteiger charge is 2.10. The molecule has 2 aromatic carbocycles. The van der Waals surface area contributed by atoms with Crippen LogP contribution >= 0.6 is 34.4 Å². The van der Waals surface area contributed by atoms with Crippen LogP contribution in [-0.2, 0) is 0 Å². The van der Waals surface area contributed by atoms with Gasteiger partial charge in [-0.25, -0.2) is 9.97 Å². The molecule has 0 unspecified atom stereocenters. The minimum atomic E-state index is 0.895. The molecule has 0 aliphatic rings. The summed E-state index contributed by atoms with van der Waals surface area (Å²) in [6.45, 7) is 4.23. The Kier molecular flexibility index (Phi) is 3.75. The number of benzene rings is 2. The molecule has 0 radical (unpaired) electrons. The van der Waals surface area contributed by atoms with Crippen molar-refractivity contribution in [2.45, 2.75) is 18.7 Å². The third-order valence-electron chi connectivity index (χ3n) is 3.64. The molecule has 6 heteroatoms. The number of anilines is 2. The Labute approximate surface area is 146 Å². The SMILES string of the molecule is CSc1ccc2nc(Nc3nc4c(C)cc(C)cc4s3)sc2c1. The first-order valence-corrected chi connectivity index (χ1v) is 10.1. The van der Waals surface area contributed by atoms with E-state index in [1.165, 1.54) is 25.4 Å². The molecule has 2 aromatic heterocycles. The first-order valence-electron chi connectivity index (χ1n) is 7.22. The molecular weight excluding hydrogens is 342 g/mol. The molecule has 0 amide bonds. The van der Waals surface area contributed by atoms with E-state index in [4.69, 9.17) is 4.98 Å². The predicted octanol–water partition coefficient (Wildman–Crippen LogP) is 5.99. The third-order valence-corrected chi connectivity index (χ3v) is 6.22. The fourth-order valence-electron chi connectivity index (χ4n) is 2.60. The fraction of sp³-hybridized carbons (Fsp3) is 0.176. The number of thioether (sulfide) groups is 1. The van der Waals surface area contributed by atoms with E-state index < -0.39 is 0 Å². The average molecular weight is 358 g/mol. The van der Waals surface area contributed by atoms with Gasteiger partial charge in [0.2, 0.25) is 0 Å². The molecule has 0 atom stereocenters. The minimum absolute atomic E-state index is 0.895. The minimum Gasteiger partial charge on any atom is -0.307 e. The molecule has 0 saturated carbocycles. The van der Waals surface area contributed by atoms with E-state index in [9.17, 15) is 0 Å². The monoisotopic (exact) mass is 357 g/mol. The third kappa shape index (κ3) is 2.82. The number of aryl methyl sites for hydroxylation is 2. The number of nitrogens with zero attached hydrogens (tertiary/aromatic N) is 2. The van der Waals surface area contributed by atoms with Gasteiger partial charge in [-0.2, -0.15) is 0 Å². The van der Waals surface area contributed by atoms with Crippen molar-refractivity contribution in [1.29, 1.82) is 0 Å². The lowest BCUT2D eigenvalue weighted by Gasteiger charge is -1.96. The van der Waals surface area contributed by atoms with Crippen LogP contribution in [0, 0.1) is 13.8 Å². The summed E-state index contributed by atoms with van der Waals surface area (Å²) in [4.78, 5) is 10.6. The number of aromatic nitrogens is 2. The molecule has 23 heavy (non-hydrogen) atoms. The maximum Gasteiger partial charge on any atom is 0.190 e. The van der Waals surface area contributed by atoms with Gasteiger partial charge in [-0.15, -0.1) is 11.8 Å². The number of thiazole rings is 2. The van der Waals surface area contributed by atoms with Crippen LogP contribution in [0.1, 0.15) is 11.1 Å². The molecule has 116 valence electrons. The fourth-order valence-corrected chi connectivity index (χ4v) is 5.13. The van der Waals surface area contributed by atoms with E-state index in [-0.39, 0.29) is 0 Å². The summed E-state index contributed by atoms with van der Waals surface area (Å²) in [5.74, 6) is 0. The zero-order chi connectivity index (χ0) is 16.0. The molecule has 4 aromatic rings. The number of fused-ring (bicyclic) bond motifs is 2. The van der Waals surface area contributed by atoms with Gasteiger partial charge in [0.25, 0.3) is 0 Å². The van der Waals surface area contributed by atoms with Gasteiger partial charge in [-0.05, 0) is 55.5 Å². The van der Waals surface area contributed by atoms with E-state index in [1.807, 2.05) is 0 Å². The predicted molar refractivity (Wildman–Crippen MR) is 104 cm³/mol. The second-order valence-corrected chi connectivity index (χ2v) is 8.37. The first kappa shape index (κ1) is 14.9. The van der Waals surface area contributed by atoms with Crippen molar-refractivity contribution in [1.82, 2.24) is 9.97 Å². The van der Waals surface area contributed by atoms with E-state index in [2.05, 4.69) is 60.7 Å². The number of rotatable bonds is 3. The molecule has 0 spiro atoms. The van der Waals surface area contributed by atoms with Crippen molar-refractivity contribution >= 4 is 65.1 Å². The van der Waals surface area contributed by atoms with Crippen molar-refractivity contribution in [3.05, 3.63) is 41.5 Å². The summed E-state index contributed by atoms with van der Waals surface area (Å²) in [7, 11) is 0. The molecule has 0 bridgehead atoms. The van der Waals surface area contributed by atoms with Crippen LogP contribution in [0.3, 0.4) is 0 Å². The van der Waals surface area contributed by atoms with Gasteiger partial charge in [0.15, 0.2) is 10.3 Å². The maximum absolute atomic E-state index is 4.72. The van der Waals surface area contributed by atoms with Gasteiger partial charge in [0, 0.05) is 4.90 Å². The van der Waals surface area contributed by atoms with Crippen LogP contribution in [0.15, 0.2) is 35.2 Å². The number of hydrogen-bond acceptors (Lipinski definition) is 6. The Bertz CT molecular complexity index is 1020. The van der Waals surface area contributed by atoms with Crippen LogP contribution < -0.4 is 5.32 Å². The van der Waals surface area contributed by atoms with Gasteiger partial charge in [-0.3, -0.25) is 0 Å². The number of nitrogens with one attached hydrogen (secondary N) is 1. The summed E-state index contributed by atoms with van der Waals surface area (Å²) in [6.07, 6.45) is 2.09. The summed E-state index contributed by atoms with van der Waals surface area (Å²) < 4.78 is 2.42. The maximum atomic E-state index is 4.72. The quantitative estimate of drug-likeness (QED) is 0.457. The highest BCUT2D eigenvalue weighted by Crippen LogP contribution is 2.34. The molecule has 1 N–H and O–H groups in total. The smallest absolute Gasteiger partial charge is 0.190 e. The van der Waals surface area contributed by atoms with E-state index >= 15 is 0 Å². The Morgan fingerprint density at radius 3 is 2.57 bits per heavy atom.